The van der Waals surface area contributed by atoms with E-state index in [9.17, 15) is 9.18 Å². The summed E-state index contributed by atoms with van der Waals surface area (Å²) < 4.78 is 13.4. The molecule has 0 amide bonds. The molecule has 0 aromatic heterocycles. The number of rotatable bonds is 2. The molecular weight excluding hydrogens is 260 g/mol. The van der Waals surface area contributed by atoms with Gasteiger partial charge in [0.05, 0.1) is 16.0 Å². The first-order valence-corrected chi connectivity index (χ1v) is 4.73. The highest BCUT2D eigenvalue weighted by molar-refractivity contribution is 9.10. The predicted molar refractivity (Wildman–Crippen MR) is 53.6 cm³/mol. The van der Waals surface area contributed by atoms with Crippen LogP contribution in [0.25, 0.3) is 0 Å². The maximum Gasteiger partial charge on any atom is 0.179 e. The second kappa shape index (κ2) is 4.07. The van der Waals surface area contributed by atoms with E-state index in [2.05, 4.69) is 15.9 Å². The molecule has 2 N–H and O–H groups in total. The second-order valence-electron chi connectivity index (χ2n) is 2.38. The van der Waals surface area contributed by atoms with Crippen molar-refractivity contribution in [2.24, 2.45) is 0 Å². The van der Waals surface area contributed by atoms with E-state index in [1.165, 1.54) is 12.1 Å². The second-order valence-corrected chi connectivity index (χ2v) is 3.50. The number of nitrogen functional groups attached to an aromatic ring is 1. The van der Waals surface area contributed by atoms with Gasteiger partial charge in [0.2, 0.25) is 0 Å². The Bertz CT molecular complexity index is 356. The third-order valence-electron chi connectivity index (χ3n) is 1.55. The Kier molecular flexibility index (Phi) is 3.27. The van der Waals surface area contributed by atoms with Gasteiger partial charge in [-0.1, -0.05) is 0 Å². The summed E-state index contributed by atoms with van der Waals surface area (Å²) in [4.78, 5) is 11.1. The fourth-order valence-corrected chi connectivity index (χ4v) is 1.37. The van der Waals surface area contributed by atoms with E-state index in [1.807, 2.05) is 0 Å². The third-order valence-corrected chi connectivity index (χ3v) is 2.41. The molecule has 0 bridgehead atoms. The SMILES string of the molecule is Nc1c(C(=O)CCl)ccc(Br)c1F. The van der Waals surface area contributed by atoms with Crippen LogP contribution in [0.2, 0.25) is 0 Å². The van der Waals surface area contributed by atoms with E-state index >= 15 is 0 Å². The van der Waals surface area contributed by atoms with Crippen molar-refractivity contribution in [1.29, 1.82) is 0 Å². The lowest BCUT2D eigenvalue weighted by Gasteiger charge is -2.04. The van der Waals surface area contributed by atoms with Gasteiger partial charge < -0.3 is 5.73 Å². The van der Waals surface area contributed by atoms with Crippen LogP contribution in [-0.4, -0.2) is 11.7 Å². The average Bonchev–Trinajstić information content (AvgIpc) is 2.13. The van der Waals surface area contributed by atoms with Gasteiger partial charge in [0, 0.05) is 5.56 Å². The summed E-state index contributed by atoms with van der Waals surface area (Å²) >= 11 is 8.26. The lowest BCUT2D eigenvalue weighted by molar-refractivity contribution is 0.102. The highest BCUT2D eigenvalue weighted by Crippen LogP contribution is 2.24. The molecule has 0 saturated heterocycles. The van der Waals surface area contributed by atoms with Crippen LogP contribution in [0, 0.1) is 5.82 Å². The topological polar surface area (TPSA) is 43.1 Å². The number of alkyl halides is 1. The van der Waals surface area contributed by atoms with Gasteiger partial charge in [-0.15, -0.1) is 11.6 Å². The lowest BCUT2D eigenvalue weighted by Crippen LogP contribution is -2.06. The summed E-state index contributed by atoms with van der Waals surface area (Å²) in [7, 11) is 0. The largest absolute Gasteiger partial charge is 0.396 e. The molecule has 0 atom stereocenters. The summed E-state index contributed by atoms with van der Waals surface area (Å²) in [5.41, 5.74) is 5.33. The first kappa shape index (κ1) is 10.5. The number of Topliss-reactive ketones (excluding diaryl/α,β-unsaturated/α-hetero) is 1. The van der Waals surface area contributed by atoms with Crippen molar-refractivity contribution in [3.63, 3.8) is 0 Å². The van der Waals surface area contributed by atoms with Crippen LogP contribution in [0.4, 0.5) is 10.1 Å². The predicted octanol–water partition coefficient (Wildman–Crippen LogP) is 2.59. The number of halogens is 3. The van der Waals surface area contributed by atoms with Crippen LogP contribution in [-0.2, 0) is 0 Å². The van der Waals surface area contributed by atoms with Crippen LogP contribution in [0.1, 0.15) is 10.4 Å². The average molecular weight is 266 g/mol. The maximum atomic E-state index is 13.1. The Hall–Kier alpha value is -0.610. The number of hydrogen-bond acceptors (Lipinski definition) is 2. The van der Waals surface area contributed by atoms with Gasteiger partial charge in [-0.2, -0.15) is 0 Å². The van der Waals surface area contributed by atoms with Gasteiger partial charge in [0.1, 0.15) is 0 Å². The molecule has 70 valence electrons. The molecule has 1 rings (SSSR count). The van der Waals surface area contributed by atoms with Gasteiger partial charge in [-0.25, -0.2) is 4.39 Å². The highest BCUT2D eigenvalue weighted by Gasteiger charge is 2.13. The summed E-state index contributed by atoms with van der Waals surface area (Å²) in [6, 6.07) is 2.86. The molecule has 2 nitrogen and oxygen atoms in total. The minimum atomic E-state index is -0.629. The van der Waals surface area contributed by atoms with Crippen molar-refractivity contribution < 1.29 is 9.18 Å². The molecule has 0 aliphatic heterocycles. The number of hydrogen-bond donors (Lipinski definition) is 1. The van der Waals surface area contributed by atoms with Crippen LogP contribution < -0.4 is 5.73 Å². The number of ketones is 1. The summed E-state index contributed by atoms with van der Waals surface area (Å²) in [6.45, 7) is 0. The number of benzene rings is 1. The van der Waals surface area contributed by atoms with Crippen molar-refractivity contribution in [3.05, 3.63) is 28.0 Å². The zero-order valence-electron chi connectivity index (χ0n) is 6.48. The molecule has 5 heteroatoms. The zero-order valence-corrected chi connectivity index (χ0v) is 8.82. The minimum Gasteiger partial charge on any atom is -0.396 e. The van der Waals surface area contributed by atoms with E-state index in [0.29, 0.717) is 0 Å². The van der Waals surface area contributed by atoms with Crippen molar-refractivity contribution in [2.75, 3.05) is 11.6 Å². The van der Waals surface area contributed by atoms with Crippen molar-refractivity contribution in [2.45, 2.75) is 0 Å². The summed E-state index contributed by atoms with van der Waals surface area (Å²) in [5, 5.41) is 0. The number of carbonyl (C=O) groups excluding carboxylic acids is 1. The van der Waals surface area contributed by atoms with E-state index in [-0.39, 0.29) is 27.4 Å². The molecule has 0 aliphatic rings. The number of nitrogens with two attached hydrogens (primary N) is 1. The van der Waals surface area contributed by atoms with Crippen molar-refractivity contribution in [3.8, 4) is 0 Å². The van der Waals surface area contributed by atoms with Gasteiger partial charge >= 0.3 is 0 Å². The molecule has 13 heavy (non-hydrogen) atoms. The molecular formula is C8H6BrClFNO. The van der Waals surface area contributed by atoms with E-state index in [0.717, 1.165) is 0 Å². The van der Waals surface area contributed by atoms with Gasteiger partial charge in [-0.3, -0.25) is 4.79 Å². The minimum absolute atomic E-state index is 0.121. The Balaban J connectivity index is 3.26. The molecule has 0 heterocycles. The van der Waals surface area contributed by atoms with Crippen molar-refractivity contribution in [1.82, 2.24) is 0 Å². The highest BCUT2D eigenvalue weighted by atomic mass is 79.9. The van der Waals surface area contributed by atoms with Crippen LogP contribution >= 0.6 is 27.5 Å². The van der Waals surface area contributed by atoms with Crippen molar-refractivity contribution >= 4 is 39.0 Å². The Morgan fingerprint density at radius 3 is 2.77 bits per heavy atom. The summed E-state index contributed by atoms with van der Waals surface area (Å²) in [5.74, 6) is -1.22. The number of carbonyl (C=O) groups is 1. The molecule has 0 aliphatic carbocycles. The van der Waals surface area contributed by atoms with Gasteiger partial charge in [0.25, 0.3) is 0 Å². The standard InChI is InChI=1S/C8H6BrClFNO/c9-5-2-1-4(6(13)3-10)8(12)7(5)11/h1-2H,3,12H2. The first-order valence-electron chi connectivity index (χ1n) is 3.40. The monoisotopic (exact) mass is 265 g/mol. The van der Waals surface area contributed by atoms with E-state index < -0.39 is 5.82 Å². The maximum absolute atomic E-state index is 13.1. The quantitative estimate of drug-likeness (QED) is 0.508. The Morgan fingerprint density at radius 1 is 1.62 bits per heavy atom. The molecule has 0 fully saturated rings. The molecule has 1 aromatic rings. The lowest BCUT2D eigenvalue weighted by atomic mass is 10.1. The molecule has 0 radical (unpaired) electrons. The number of anilines is 1. The molecule has 0 saturated carbocycles. The van der Waals surface area contributed by atoms with Crippen LogP contribution in [0.3, 0.4) is 0 Å². The summed E-state index contributed by atoms with van der Waals surface area (Å²) in [6.07, 6.45) is 0. The molecule has 0 unspecified atom stereocenters. The third kappa shape index (κ3) is 2.00. The Morgan fingerprint density at radius 2 is 2.23 bits per heavy atom. The normalized spacial score (nSPS) is 10.1. The van der Waals surface area contributed by atoms with E-state index in [1.54, 1.807) is 0 Å². The smallest absolute Gasteiger partial charge is 0.179 e. The molecule has 1 aromatic carbocycles. The first-order chi connectivity index (χ1) is 6.07. The molecule has 0 spiro atoms. The zero-order chi connectivity index (χ0) is 10.0. The van der Waals surface area contributed by atoms with Crippen LogP contribution in [0.5, 0.6) is 0 Å². The fraction of sp³-hybridized carbons (Fsp3) is 0.125. The fourth-order valence-electron chi connectivity index (χ4n) is 0.881. The Labute approximate surface area is 88.0 Å². The van der Waals surface area contributed by atoms with E-state index in [4.69, 9.17) is 17.3 Å². The van der Waals surface area contributed by atoms with Gasteiger partial charge in [0.15, 0.2) is 11.6 Å². The van der Waals surface area contributed by atoms with Crippen LogP contribution in [0.15, 0.2) is 16.6 Å². The van der Waals surface area contributed by atoms with Gasteiger partial charge in [-0.05, 0) is 28.1 Å².